The molecule has 0 aromatic heterocycles. The van der Waals surface area contributed by atoms with E-state index in [0.29, 0.717) is 19.8 Å². The molecule has 1 aliphatic rings. The number of hydrogen-bond donors (Lipinski definition) is 0. The van der Waals surface area contributed by atoms with E-state index in [0.717, 1.165) is 0 Å². The van der Waals surface area contributed by atoms with Gasteiger partial charge in [0, 0.05) is 6.54 Å². The number of nitrogens with zero attached hydrogens (tertiary/aromatic N) is 2. The summed E-state index contributed by atoms with van der Waals surface area (Å²) in [5.74, 6) is 0. The molecule has 76 valence electrons. The summed E-state index contributed by atoms with van der Waals surface area (Å²) in [5, 5.41) is 11.0. The molecule has 1 unspecified atom stereocenters. The Balaban J connectivity index is 2.75. The lowest BCUT2D eigenvalue weighted by Crippen LogP contribution is -2.55. The second-order valence-electron chi connectivity index (χ2n) is 3.27. The van der Waals surface area contributed by atoms with E-state index in [9.17, 15) is 9.90 Å². The topological polar surface area (TPSA) is 43.4 Å². The molecule has 4 nitrogen and oxygen atoms in total. The van der Waals surface area contributed by atoms with Crippen molar-refractivity contribution in [3.05, 3.63) is 37.7 Å². The lowest BCUT2D eigenvalue weighted by Gasteiger charge is -2.30. The average molecular weight is 194 g/mol. The molecule has 0 aromatic carbocycles. The van der Waals surface area contributed by atoms with Crippen molar-refractivity contribution in [2.75, 3.05) is 19.8 Å². The molecular formula is C10H14N2O2. The van der Waals surface area contributed by atoms with Crippen LogP contribution in [0, 0.1) is 0 Å². The second-order valence-corrected chi connectivity index (χ2v) is 3.27. The number of rotatable bonds is 4. The first kappa shape index (κ1) is 10.5. The Morgan fingerprint density at radius 2 is 2.29 bits per heavy atom. The van der Waals surface area contributed by atoms with E-state index in [1.807, 2.05) is 4.90 Å². The van der Waals surface area contributed by atoms with Gasteiger partial charge in [-0.3, -0.25) is 0 Å². The Morgan fingerprint density at radius 3 is 2.79 bits per heavy atom. The smallest absolute Gasteiger partial charge is 0.264 e. The monoisotopic (exact) mass is 194 g/mol. The summed E-state index contributed by atoms with van der Waals surface area (Å²) in [5.41, 5.74) is 0. The quantitative estimate of drug-likeness (QED) is 0.476. The molecule has 0 bridgehead atoms. The fourth-order valence-electron chi connectivity index (χ4n) is 1.47. The van der Waals surface area contributed by atoms with Crippen LogP contribution in [0.3, 0.4) is 0 Å². The summed E-state index contributed by atoms with van der Waals surface area (Å²) in [6.07, 6.45) is 5.57. The molecule has 0 radical (unpaired) electrons. The van der Waals surface area contributed by atoms with Crippen molar-refractivity contribution < 1.29 is 14.4 Å². The fourth-order valence-corrected chi connectivity index (χ4v) is 1.47. The van der Waals surface area contributed by atoms with Crippen molar-refractivity contribution >= 4 is 6.09 Å². The average Bonchev–Trinajstić information content (AvgIpc) is 2.51. The van der Waals surface area contributed by atoms with Gasteiger partial charge in [-0.2, -0.15) is 0 Å². The van der Waals surface area contributed by atoms with Gasteiger partial charge in [0.05, 0.1) is 6.20 Å². The largest absolute Gasteiger partial charge is 0.498 e. The zero-order valence-electron chi connectivity index (χ0n) is 8.06. The first-order chi connectivity index (χ1) is 6.64. The van der Waals surface area contributed by atoms with Crippen LogP contribution in [0.4, 0.5) is 4.79 Å². The van der Waals surface area contributed by atoms with Crippen LogP contribution in [0.1, 0.15) is 0 Å². The molecule has 0 aromatic rings. The number of hydrogen-bond acceptors (Lipinski definition) is 3. The highest BCUT2D eigenvalue weighted by atomic mass is 16.4. The molecule has 1 atom stereocenters. The van der Waals surface area contributed by atoms with E-state index in [1.165, 1.54) is 0 Å². The van der Waals surface area contributed by atoms with Crippen molar-refractivity contribution in [2.24, 2.45) is 0 Å². The van der Waals surface area contributed by atoms with E-state index in [-0.39, 0.29) is 4.48 Å². The van der Waals surface area contributed by atoms with Crippen molar-refractivity contribution in [3.8, 4) is 0 Å². The Hall–Kier alpha value is -1.55. The Morgan fingerprint density at radius 1 is 1.57 bits per heavy atom. The Bertz CT molecular complexity index is 286. The SMILES string of the molecule is C=CCN1C=C[N+](CC=C)(C(=O)[O-])C1. The third-order valence-corrected chi connectivity index (χ3v) is 2.18. The minimum atomic E-state index is -1.10. The molecule has 1 amide bonds. The maximum atomic E-state index is 11.0. The molecule has 0 fully saturated rings. The van der Waals surface area contributed by atoms with Gasteiger partial charge in [-0.1, -0.05) is 12.7 Å². The summed E-state index contributed by atoms with van der Waals surface area (Å²) in [6.45, 7) is 8.50. The van der Waals surface area contributed by atoms with Gasteiger partial charge < -0.3 is 14.8 Å². The fraction of sp³-hybridized carbons (Fsp3) is 0.300. The lowest BCUT2D eigenvalue weighted by atomic mass is 10.4. The molecule has 1 heterocycles. The number of carbonyl (C=O) groups excluding carboxylic acids is 1. The highest BCUT2D eigenvalue weighted by Crippen LogP contribution is 2.17. The first-order valence-electron chi connectivity index (χ1n) is 4.38. The summed E-state index contributed by atoms with van der Waals surface area (Å²) < 4.78 is -0.211. The van der Waals surface area contributed by atoms with Crippen LogP contribution in [0.25, 0.3) is 0 Å². The van der Waals surface area contributed by atoms with Crippen LogP contribution >= 0.6 is 0 Å². The minimum Gasteiger partial charge on any atom is -0.498 e. The van der Waals surface area contributed by atoms with E-state index in [2.05, 4.69) is 13.2 Å². The van der Waals surface area contributed by atoms with Crippen LogP contribution in [-0.2, 0) is 0 Å². The standard InChI is InChI=1S/C10H14N2O2/c1-3-5-11-6-8-12(9-11,7-4-2)10(13)14/h3-4,6,8H,1-2,5,7,9H2. The van der Waals surface area contributed by atoms with Crippen LogP contribution in [0.2, 0.25) is 0 Å². The molecule has 0 saturated heterocycles. The molecule has 0 saturated carbocycles. The molecule has 14 heavy (non-hydrogen) atoms. The van der Waals surface area contributed by atoms with Crippen LogP contribution < -0.4 is 5.11 Å². The van der Waals surface area contributed by atoms with Crippen molar-refractivity contribution in [3.63, 3.8) is 0 Å². The van der Waals surface area contributed by atoms with Gasteiger partial charge in [-0.05, 0) is 6.08 Å². The van der Waals surface area contributed by atoms with Crippen LogP contribution in [0.5, 0.6) is 0 Å². The summed E-state index contributed by atoms with van der Waals surface area (Å²) >= 11 is 0. The minimum absolute atomic E-state index is 0.211. The third kappa shape index (κ3) is 1.85. The summed E-state index contributed by atoms with van der Waals surface area (Å²) in [7, 11) is 0. The summed E-state index contributed by atoms with van der Waals surface area (Å²) in [4.78, 5) is 12.8. The molecular weight excluding hydrogens is 180 g/mol. The number of carboxylic acid groups (broad SMARTS) is 1. The highest BCUT2D eigenvalue weighted by Gasteiger charge is 2.32. The zero-order chi connectivity index (χ0) is 10.6. The van der Waals surface area contributed by atoms with Crippen LogP contribution in [0.15, 0.2) is 37.7 Å². The van der Waals surface area contributed by atoms with Crippen molar-refractivity contribution in [2.45, 2.75) is 0 Å². The molecule has 0 aliphatic carbocycles. The van der Waals surface area contributed by atoms with Crippen LogP contribution in [-0.4, -0.2) is 35.2 Å². The van der Waals surface area contributed by atoms with Gasteiger partial charge in [-0.25, -0.2) is 4.48 Å². The second kappa shape index (κ2) is 4.11. The van der Waals surface area contributed by atoms with Gasteiger partial charge in [0.2, 0.25) is 0 Å². The number of amides is 1. The van der Waals surface area contributed by atoms with Gasteiger partial charge in [0.15, 0.2) is 6.67 Å². The van der Waals surface area contributed by atoms with E-state index < -0.39 is 6.09 Å². The van der Waals surface area contributed by atoms with Gasteiger partial charge >= 0.3 is 0 Å². The number of carbonyl (C=O) groups is 1. The van der Waals surface area contributed by atoms with Gasteiger partial charge in [0.25, 0.3) is 6.09 Å². The Labute approximate surface area is 83.6 Å². The summed E-state index contributed by atoms with van der Waals surface area (Å²) in [6, 6.07) is 0. The number of quaternary nitrogens is 1. The van der Waals surface area contributed by atoms with E-state index in [4.69, 9.17) is 0 Å². The lowest BCUT2D eigenvalue weighted by molar-refractivity contribution is -0.824. The van der Waals surface area contributed by atoms with E-state index >= 15 is 0 Å². The van der Waals surface area contributed by atoms with Gasteiger partial charge in [0.1, 0.15) is 12.7 Å². The predicted octanol–water partition coefficient (Wildman–Crippen LogP) is 0.263. The maximum Gasteiger partial charge on any atom is 0.264 e. The molecule has 4 heteroatoms. The Kier molecular flexibility index (Phi) is 3.09. The molecule has 1 aliphatic heterocycles. The zero-order valence-corrected chi connectivity index (χ0v) is 8.06. The van der Waals surface area contributed by atoms with Crippen molar-refractivity contribution in [1.82, 2.24) is 4.90 Å². The van der Waals surface area contributed by atoms with E-state index in [1.54, 1.807) is 24.6 Å². The molecule has 1 rings (SSSR count). The molecule has 0 N–H and O–H groups in total. The maximum absolute atomic E-state index is 11.0. The molecule has 0 spiro atoms. The highest BCUT2D eigenvalue weighted by molar-refractivity contribution is 5.55. The van der Waals surface area contributed by atoms with Crippen molar-refractivity contribution in [1.29, 1.82) is 0 Å². The first-order valence-corrected chi connectivity index (χ1v) is 4.38. The predicted molar refractivity (Wildman–Crippen MR) is 51.6 cm³/mol. The third-order valence-electron chi connectivity index (χ3n) is 2.18. The normalized spacial score (nSPS) is 25.0. The van der Waals surface area contributed by atoms with Gasteiger partial charge in [-0.15, -0.1) is 6.58 Å².